The SMILES string of the molecule is Cc1ccc(CCc2nnc(SCC(=O)Nc3ncc(Cc4cccc(Cl)c4Cl)s3)n2-c2ccccc2)o1. The zero-order chi connectivity index (χ0) is 26.5. The van der Waals surface area contributed by atoms with E-state index in [-0.39, 0.29) is 11.7 Å². The lowest BCUT2D eigenvalue weighted by Crippen LogP contribution is -2.14. The summed E-state index contributed by atoms with van der Waals surface area (Å²) in [5, 5.41) is 13.9. The molecule has 38 heavy (non-hydrogen) atoms. The number of anilines is 1. The zero-order valence-corrected chi connectivity index (χ0v) is 23.5. The molecule has 0 spiro atoms. The smallest absolute Gasteiger partial charge is 0.236 e. The van der Waals surface area contributed by atoms with Crippen LogP contribution in [0.15, 0.2) is 76.4 Å². The van der Waals surface area contributed by atoms with Crippen LogP contribution in [0.1, 0.15) is 27.8 Å². The lowest BCUT2D eigenvalue weighted by atomic mass is 10.1. The van der Waals surface area contributed by atoms with Crippen molar-refractivity contribution in [1.29, 1.82) is 0 Å². The Morgan fingerprint density at radius 1 is 1.05 bits per heavy atom. The molecule has 0 aliphatic carbocycles. The van der Waals surface area contributed by atoms with E-state index in [1.165, 1.54) is 23.1 Å². The lowest BCUT2D eigenvalue weighted by Gasteiger charge is -2.10. The molecule has 0 aliphatic heterocycles. The molecular weight excluding hydrogens is 561 g/mol. The number of hydrogen-bond acceptors (Lipinski definition) is 7. The van der Waals surface area contributed by atoms with E-state index in [1.54, 1.807) is 12.3 Å². The van der Waals surface area contributed by atoms with E-state index in [9.17, 15) is 4.79 Å². The van der Waals surface area contributed by atoms with Gasteiger partial charge in [-0.25, -0.2) is 4.98 Å². The summed E-state index contributed by atoms with van der Waals surface area (Å²) in [4.78, 5) is 18.1. The minimum Gasteiger partial charge on any atom is -0.466 e. The average molecular weight is 585 g/mol. The van der Waals surface area contributed by atoms with E-state index in [0.717, 1.165) is 33.5 Å². The molecule has 5 aromatic rings. The normalized spacial score (nSPS) is 11.1. The van der Waals surface area contributed by atoms with Crippen molar-refractivity contribution in [2.24, 2.45) is 0 Å². The number of aromatic nitrogens is 4. The maximum atomic E-state index is 12.7. The number of carbonyl (C=O) groups is 1. The summed E-state index contributed by atoms with van der Waals surface area (Å²) in [6.07, 6.45) is 3.68. The second kappa shape index (κ2) is 12.2. The Balaban J connectivity index is 1.23. The molecule has 1 N–H and O–H groups in total. The largest absolute Gasteiger partial charge is 0.466 e. The van der Waals surface area contributed by atoms with Crippen LogP contribution < -0.4 is 5.32 Å². The third-order valence-corrected chi connectivity index (χ3v) is 8.33. The first kappa shape index (κ1) is 26.5. The monoisotopic (exact) mass is 583 g/mol. The van der Waals surface area contributed by atoms with E-state index >= 15 is 0 Å². The second-order valence-electron chi connectivity index (χ2n) is 8.44. The van der Waals surface area contributed by atoms with E-state index in [4.69, 9.17) is 27.6 Å². The van der Waals surface area contributed by atoms with Gasteiger partial charge in [-0.1, -0.05) is 65.3 Å². The van der Waals surface area contributed by atoms with Crippen molar-refractivity contribution < 1.29 is 9.21 Å². The number of nitrogens with one attached hydrogen (secondary N) is 1. The van der Waals surface area contributed by atoms with Crippen molar-refractivity contribution in [3.05, 3.63) is 105 Å². The maximum Gasteiger partial charge on any atom is 0.236 e. The molecule has 11 heteroatoms. The third kappa shape index (κ3) is 6.47. The molecule has 1 amide bonds. The Labute approximate surface area is 238 Å². The summed E-state index contributed by atoms with van der Waals surface area (Å²) >= 11 is 15.2. The van der Waals surface area contributed by atoms with Crippen LogP contribution >= 0.6 is 46.3 Å². The van der Waals surface area contributed by atoms with Crippen LogP contribution in [-0.2, 0) is 24.1 Å². The molecule has 194 valence electrons. The first-order valence-corrected chi connectivity index (χ1v) is 14.4. The summed E-state index contributed by atoms with van der Waals surface area (Å²) in [6, 6.07) is 19.4. The van der Waals surface area contributed by atoms with E-state index in [1.807, 2.05) is 66.1 Å². The highest BCUT2D eigenvalue weighted by atomic mass is 35.5. The van der Waals surface area contributed by atoms with Gasteiger partial charge in [0.25, 0.3) is 0 Å². The minimum atomic E-state index is -0.174. The number of para-hydroxylation sites is 1. The fourth-order valence-electron chi connectivity index (χ4n) is 3.85. The minimum absolute atomic E-state index is 0.164. The summed E-state index contributed by atoms with van der Waals surface area (Å²) in [5.74, 6) is 2.58. The Morgan fingerprint density at radius 3 is 2.68 bits per heavy atom. The number of thioether (sulfide) groups is 1. The molecule has 0 atom stereocenters. The molecule has 7 nitrogen and oxygen atoms in total. The van der Waals surface area contributed by atoms with Crippen molar-refractivity contribution in [2.75, 3.05) is 11.1 Å². The van der Waals surface area contributed by atoms with E-state index < -0.39 is 0 Å². The van der Waals surface area contributed by atoms with Gasteiger partial charge < -0.3 is 9.73 Å². The summed E-state index contributed by atoms with van der Waals surface area (Å²) in [7, 11) is 0. The lowest BCUT2D eigenvalue weighted by molar-refractivity contribution is -0.113. The van der Waals surface area contributed by atoms with Gasteiger partial charge in [0, 0.05) is 36.0 Å². The molecule has 0 fully saturated rings. The number of aryl methyl sites for hydroxylation is 3. The molecule has 0 unspecified atom stereocenters. The van der Waals surface area contributed by atoms with Gasteiger partial charge >= 0.3 is 0 Å². The summed E-state index contributed by atoms with van der Waals surface area (Å²) < 4.78 is 7.70. The van der Waals surface area contributed by atoms with Crippen LogP contribution in [0.2, 0.25) is 10.0 Å². The number of amides is 1. The number of carbonyl (C=O) groups excluding carboxylic acids is 1. The predicted molar refractivity (Wildman–Crippen MR) is 153 cm³/mol. The number of benzene rings is 2. The Hall–Kier alpha value is -3.11. The maximum absolute atomic E-state index is 12.7. The van der Waals surface area contributed by atoms with Crippen LogP contribution in [0.25, 0.3) is 5.69 Å². The number of halogens is 2. The highest BCUT2D eigenvalue weighted by Gasteiger charge is 2.17. The van der Waals surface area contributed by atoms with Crippen molar-refractivity contribution in [2.45, 2.75) is 31.3 Å². The van der Waals surface area contributed by atoms with Crippen molar-refractivity contribution >= 4 is 57.3 Å². The molecule has 0 radical (unpaired) electrons. The van der Waals surface area contributed by atoms with Crippen molar-refractivity contribution in [1.82, 2.24) is 19.7 Å². The van der Waals surface area contributed by atoms with E-state index in [2.05, 4.69) is 20.5 Å². The van der Waals surface area contributed by atoms with Crippen LogP contribution in [0.4, 0.5) is 5.13 Å². The molecule has 0 saturated carbocycles. The summed E-state index contributed by atoms with van der Waals surface area (Å²) in [5.41, 5.74) is 1.85. The van der Waals surface area contributed by atoms with Gasteiger partial charge in [-0.2, -0.15) is 0 Å². The van der Waals surface area contributed by atoms with Gasteiger partial charge in [0.05, 0.1) is 15.8 Å². The van der Waals surface area contributed by atoms with Gasteiger partial charge in [0.2, 0.25) is 5.91 Å². The van der Waals surface area contributed by atoms with E-state index in [0.29, 0.717) is 39.6 Å². The number of hydrogen-bond donors (Lipinski definition) is 1. The first-order valence-electron chi connectivity index (χ1n) is 11.8. The van der Waals surface area contributed by atoms with Gasteiger partial charge in [-0.15, -0.1) is 21.5 Å². The molecule has 2 aromatic carbocycles. The molecule has 3 heterocycles. The number of rotatable bonds is 10. The Morgan fingerprint density at radius 2 is 1.89 bits per heavy atom. The van der Waals surface area contributed by atoms with Gasteiger partial charge in [0.15, 0.2) is 10.3 Å². The van der Waals surface area contributed by atoms with Crippen molar-refractivity contribution in [3.63, 3.8) is 0 Å². The topological polar surface area (TPSA) is 85.8 Å². The molecular formula is C27H23Cl2N5O2S2. The Bertz CT molecular complexity index is 1550. The number of thiazole rings is 1. The number of nitrogens with zero attached hydrogens (tertiary/aromatic N) is 4. The number of furan rings is 1. The Kier molecular flexibility index (Phi) is 8.48. The average Bonchev–Trinajstić information content (AvgIpc) is 3.65. The fourth-order valence-corrected chi connectivity index (χ4v) is 5.86. The zero-order valence-electron chi connectivity index (χ0n) is 20.4. The highest BCUT2D eigenvalue weighted by Crippen LogP contribution is 2.30. The van der Waals surface area contributed by atoms with Gasteiger partial charge in [0.1, 0.15) is 17.3 Å². The van der Waals surface area contributed by atoms with Crippen LogP contribution in [-0.4, -0.2) is 31.4 Å². The first-order chi connectivity index (χ1) is 18.5. The molecule has 0 bridgehead atoms. The van der Waals surface area contributed by atoms with Crippen LogP contribution in [0.3, 0.4) is 0 Å². The summed E-state index contributed by atoms with van der Waals surface area (Å²) in [6.45, 7) is 1.93. The van der Waals surface area contributed by atoms with Crippen LogP contribution in [0, 0.1) is 6.92 Å². The standard InChI is InChI=1S/C27H23Cl2N5O2S2/c1-17-10-11-20(36-17)12-13-23-32-33-27(34(23)19-7-3-2-4-8-19)37-16-24(35)31-26-30-15-21(38-26)14-18-6-5-9-22(28)25(18)29/h2-11,15H,12-14,16H2,1H3,(H,30,31,35). The third-order valence-electron chi connectivity index (χ3n) is 5.63. The molecule has 0 aliphatic rings. The van der Waals surface area contributed by atoms with Crippen molar-refractivity contribution in [3.8, 4) is 5.69 Å². The molecule has 3 aromatic heterocycles. The fraction of sp³-hybridized carbons (Fsp3) is 0.185. The van der Waals surface area contributed by atoms with Crippen LogP contribution in [0.5, 0.6) is 0 Å². The second-order valence-corrected chi connectivity index (χ2v) is 11.3. The molecule has 0 saturated heterocycles. The highest BCUT2D eigenvalue weighted by molar-refractivity contribution is 7.99. The van der Waals surface area contributed by atoms with Gasteiger partial charge in [-0.3, -0.25) is 9.36 Å². The predicted octanol–water partition coefficient (Wildman–Crippen LogP) is 7.04. The molecule has 5 rings (SSSR count). The quantitative estimate of drug-likeness (QED) is 0.177. The van der Waals surface area contributed by atoms with Gasteiger partial charge in [-0.05, 0) is 42.8 Å².